The van der Waals surface area contributed by atoms with Crippen LogP contribution in [-0.4, -0.2) is 41.7 Å². The van der Waals surface area contributed by atoms with Crippen LogP contribution in [0.4, 0.5) is 10.1 Å². The summed E-state index contributed by atoms with van der Waals surface area (Å²) in [5.74, 6) is -0.538. The van der Waals surface area contributed by atoms with Crippen molar-refractivity contribution in [1.82, 2.24) is 4.90 Å². The van der Waals surface area contributed by atoms with Crippen LogP contribution in [0.15, 0.2) is 18.2 Å². The number of halogens is 1. The lowest BCUT2D eigenvalue weighted by molar-refractivity contribution is -0.117. The van der Waals surface area contributed by atoms with Crippen LogP contribution in [0.3, 0.4) is 0 Å². The van der Waals surface area contributed by atoms with Crippen molar-refractivity contribution in [3.63, 3.8) is 0 Å². The highest BCUT2D eigenvalue weighted by atomic mass is 19.1. The highest BCUT2D eigenvalue weighted by Crippen LogP contribution is 2.29. The summed E-state index contributed by atoms with van der Waals surface area (Å²) in [6.45, 7) is 2.34. The van der Waals surface area contributed by atoms with Crippen molar-refractivity contribution in [3.05, 3.63) is 29.6 Å². The van der Waals surface area contributed by atoms with Crippen molar-refractivity contribution in [2.45, 2.75) is 38.2 Å². The molecule has 5 heteroatoms. The number of rotatable bonds is 5. The van der Waals surface area contributed by atoms with Crippen LogP contribution in [0, 0.1) is 12.7 Å². The van der Waals surface area contributed by atoms with E-state index in [0.717, 1.165) is 25.7 Å². The van der Waals surface area contributed by atoms with Gasteiger partial charge < -0.3 is 10.4 Å². The number of likely N-dealkylation sites (N-methyl/N-ethyl adjacent to an activating group) is 1. The predicted molar refractivity (Wildman–Crippen MR) is 80.7 cm³/mol. The molecule has 0 aliphatic heterocycles. The van der Waals surface area contributed by atoms with Gasteiger partial charge in [0.2, 0.25) is 5.91 Å². The Balaban J connectivity index is 1.84. The van der Waals surface area contributed by atoms with Gasteiger partial charge in [-0.15, -0.1) is 0 Å². The van der Waals surface area contributed by atoms with Gasteiger partial charge in [0.25, 0.3) is 0 Å². The van der Waals surface area contributed by atoms with Crippen molar-refractivity contribution < 1.29 is 14.3 Å². The van der Waals surface area contributed by atoms with E-state index in [1.807, 2.05) is 11.9 Å². The second kappa shape index (κ2) is 6.54. The molecule has 1 fully saturated rings. The first kappa shape index (κ1) is 15.9. The molecule has 116 valence electrons. The average Bonchev–Trinajstić information content (AvgIpc) is 2.79. The predicted octanol–water partition coefficient (Wildman–Crippen LogP) is 2.31. The fourth-order valence-corrected chi connectivity index (χ4v) is 2.87. The first-order valence-corrected chi connectivity index (χ1v) is 7.35. The first-order valence-electron chi connectivity index (χ1n) is 7.35. The van der Waals surface area contributed by atoms with Gasteiger partial charge in [0.1, 0.15) is 5.82 Å². The van der Waals surface area contributed by atoms with Gasteiger partial charge in [0.15, 0.2) is 0 Å². The van der Waals surface area contributed by atoms with Crippen LogP contribution in [0.2, 0.25) is 0 Å². The molecule has 21 heavy (non-hydrogen) atoms. The number of carbonyl (C=O) groups excluding carboxylic acids is 1. The van der Waals surface area contributed by atoms with Crippen LogP contribution in [0.5, 0.6) is 0 Å². The molecule has 0 heterocycles. The number of aryl methyl sites for hydroxylation is 1. The van der Waals surface area contributed by atoms with Gasteiger partial charge in [0.05, 0.1) is 12.1 Å². The molecule has 0 atom stereocenters. The molecule has 0 saturated heterocycles. The summed E-state index contributed by atoms with van der Waals surface area (Å²) >= 11 is 0. The Morgan fingerprint density at radius 3 is 2.71 bits per heavy atom. The van der Waals surface area contributed by atoms with Gasteiger partial charge in [-0.3, -0.25) is 9.69 Å². The highest BCUT2D eigenvalue weighted by molar-refractivity contribution is 5.92. The normalized spacial score (nSPS) is 17.2. The van der Waals surface area contributed by atoms with E-state index in [-0.39, 0.29) is 18.3 Å². The number of benzene rings is 1. The van der Waals surface area contributed by atoms with Crippen molar-refractivity contribution >= 4 is 11.6 Å². The number of anilines is 1. The molecule has 2 rings (SSSR count). The summed E-state index contributed by atoms with van der Waals surface area (Å²) in [5, 5.41) is 13.0. The molecule has 1 amide bonds. The van der Waals surface area contributed by atoms with Crippen LogP contribution >= 0.6 is 0 Å². The van der Waals surface area contributed by atoms with E-state index < -0.39 is 5.60 Å². The van der Waals surface area contributed by atoms with Gasteiger partial charge in [-0.05, 0) is 44.5 Å². The highest BCUT2D eigenvalue weighted by Gasteiger charge is 2.32. The second-order valence-electron chi connectivity index (χ2n) is 6.12. The molecule has 4 nitrogen and oxygen atoms in total. The Morgan fingerprint density at radius 2 is 2.10 bits per heavy atom. The second-order valence-corrected chi connectivity index (χ2v) is 6.12. The summed E-state index contributed by atoms with van der Waals surface area (Å²) in [4.78, 5) is 13.8. The van der Waals surface area contributed by atoms with Crippen LogP contribution in [0.25, 0.3) is 0 Å². The largest absolute Gasteiger partial charge is 0.389 e. The van der Waals surface area contributed by atoms with Gasteiger partial charge in [-0.2, -0.15) is 0 Å². The molecule has 1 aromatic carbocycles. The minimum atomic E-state index is -0.662. The number of nitrogens with zero attached hydrogens (tertiary/aromatic N) is 1. The van der Waals surface area contributed by atoms with E-state index in [2.05, 4.69) is 5.32 Å². The van der Waals surface area contributed by atoms with Crippen LogP contribution in [0.1, 0.15) is 31.2 Å². The summed E-state index contributed by atoms with van der Waals surface area (Å²) < 4.78 is 13.4. The third kappa shape index (κ3) is 4.51. The zero-order chi connectivity index (χ0) is 15.5. The Bertz CT molecular complexity index is 513. The third-order valence-electron chi connectivity index (χ3n) is 3.97. The van der Waals surface area contributed by atoms with E-state index in [4.69, 9.17) is 0 Å². The number of hydrogen-bond donors (Lipinski definition) is 2. The molecule has 1 saturated carbocycles. The topological polar surface area (TPSA) is 52.6 Å². The number of amides is 1. The lowest BCUT2D eigenvalue weighted by Crippen LogP contribution is -2.42. The maximum Gasteiger partial charge on any atom is 0.238 e. The minimum absolute atomic E-state index is 0.178. The molecule has 2 N–H and O–H groups in total. The molecule has 0 aromatic heterocycles. The lowest BCUT2D eigenvalue weighted by Gasteiger charge is -2.28. The number of hydrogen-bond acceptors (Lipinski definition) is 3. The molecular weight excluding hydrogens is 271 g/mol. The SMILES string of the molecule is Cc1ccc(NC(=O)CN(C)CC2(O)CCCC2)cc1F. The number of carbonyl (C=O) groups is 1. The van der Waals surface area contributed by atoms with E-state index in [9.17, 15) is 14.3 Å². The zero-order valence-electron chi connectivity index (χ0n) is 12.7. The number of aliphatic hydroxyl groups is 1. The van der Waals surface area contributed by atoms with Gasteiger partial charge in [-0.25, -0.2) is 4.39 Å². The Morgan fingerprint density at radius 1 is 1.43 bits per heavy atom. The molecule has 0 spiro atoms. The van der Waals surface area contributed by atoms with E-state index in [1.165, 1.54) is 6.07 Å². The fraction of sp³-hybridized carbons (Fsp3) is 0.562. The smallest absolute Gasteiger partial charge is 0.238 e. The lowest BCUT2D eigenvalue weighted by atomic mass is 10.0. The summed E-state index contributed by atoms with van der Waals surface area (Å²) in [7, 11) is 1.81. The molecule has 1 aliphatic rings. The standard InChI is InChI=1S/C16H23FN2O2/c1-12-5-6-13(9-14(12)17)18-15(20)10-19(2)11-16(21)7-3-4-8-16/h5-6,9,21H,3-4,7-8,10-11H2,1-2H3,(H,18,20). The summed E-state index contributed by atoms with van der Waals surface area (Å²) in [6.07, 6.45) is 3.67. The Kier molecular flexibility index (Phi) is 4.96. The number of nitrogens with one attached hydrogen (secondary N) is 1. The maximum atomic E-state index is 13.4. The third-order valence-corrected chi connectivity index (χ3v) is 3.97. The van der Waals surface area contributed by atoms with E-state index >= 15 is 0 Å². The fourth-order valence-electron chi connectivity index (χ4n) is 2.87. The van der Waals surface area contributed by atoms with Gasteiger partial charge in [0, 0.05) is 12.2 Å². The van der Waals surface area contributed by atoms with Crippen LogP contribution < -0.4 is 5.32 Å². The average molecular weight is 294 g/mol. The monoisotopic (exact) mass is 294 g/mol. The summed E-state index contributed by atoms with van der Waals surface area (Å²) in [5.41, 5.74) is 0.343. The maximum absolute atomic E-state index is 13.4. The molecule has 0 radical (unpaired) electrons. The Hall–Kier alpha value is -1.46. The van der Waals surface area contributed by atoms with Crippen molar-refractivity contribution in [2.24, 2.45) is 0 Å². The van der Waals surface area contributed by atoms with Crippen LogP contribution in [-0.2, 0) is 4.79 Å². The van der Waals surface area contributed by atoms with E-state index in [0.29, 0.717) is 17.8 Å². The quantitative estimate of drug-likeness (QED) is 0.876. The molecular formula is C16H23FN2O2. The zero-order valence-corrected chi connectivity index (χ0v) is 12.7. The Labute approximate surface area is 125 Å². The van der Waals surface area contributed by atoms with Gasteiger partial charge in [-0.1, -0.05) is 18.9 Å². The van der Waals surface area contributed by atoms with Crippen molar-refractivity contribution in [2.75, 3.05) is 25.5 Å². The molecule has 0 bridgehead atoms. The first-order chi connectivity index (χ1) is 9.88. The van der Waals surface area contributed by atoms with Crippen molar-refractivity contribution in [3.8, 4) is 0 Å². The van der Waals surface area contributed by atoms with Gasteiger partial charge >= 0.3 is 0 Å². The van der Waals surface area contributed by atoms with Crippen molar-refractivity contribution in [1.29, 1.82) is 0 Å². The van der Waals surface area contributed by atoms with E-state index in [1.54, 1.807) is 19.1 Å². The molecule has 0 unspecified atom stereocenters. The molecule has 1 aliphatic carbocycles. The summed E-state index contributed by atoms with van der Waals surface area (Å²) in [6, 6.07) is 4.63. The molecule has 1 aromatic rings. The minimum Gasteiger partial charge on any atom is -0.389 e.